The summed E-state index contributed by atoms with van der Waals surface area (Å²) in [5.41, 5.74) is 0.360. The topological polar surface area (TPSA) is 68.3 Å². The van der Waals surface area contributed by atoms with Crippen molar-refractivity contribution in [1.82, 2.24) is 4.98 Å². The molecule has 7 heteroatoms. The average Bonchev–Trinajstić information content (AvgIpc) is 2.21. The lowest BCUT2D eigenvalue weighted by atomic mass is 10.4. The molecule has 0 saturated carbocycles. The Morgan fingerprint density at radius 2 is 2.27 bits per heavy atom. The van der Waals surface area contributed by atoms with Crippen molar-refractivity contribution in [3.8, 4) is 5.88 Å². The number of alkyl halides is 1. The minimum Gasteiger partial charge on any atom is -0.478 e. The van der Waals surface area contributed by atoms with Gasteiger partial charge in [-0.2, -0.15) is 0 Å². The molecule has 0 fully saturated rings. The van der Waals surface area contributed by atoms with E-state index in [0.29, 0.717) is 18.2 Å². The molecule has 1 aromatic rings. The second-order valence-corrected chi connectivity index (χ2v) is 4.95. The van der Waals surface area contributed by atoms with Crippen LogP contribution in [0, 0.1) is 0 Å². The van der Waals surface area contributed by atoms with E-state index < -0.39 is 15.2 Å². The van der Waals surface area contributed by atoms with Gasteiger partial charge in [0.2, 0.25) is 15.9 Å². The zero-order chi connectivity index (χ0) is 11.3. The molecule has 0 saturated heterocycles. The van der Waals surface area contributed by atoms with Gasteiger partial charge in [-0.3, -0.25) is 4.72 Å². The minimum absolute atomic E-state index is 0.360. The molecule has 1 aromatic heterocycles. The molecule has 1 heterocycles. The molecule has 5 nitrogen and oxygen atoms in total. The van der Waals surface area contributed by atoms with Gasteiger partial charge in [0.25, 0.3) is 0 Å². The highest BCUT2D eigenvalue weighted by Gasteiger charge is 2.07. The third-order valence-corrected chi connectivity index (χ3v) is 3.14. The van der Waals surface area contributed by atoms with Crippen LogP contribution in [0.3, 0.4) is 0 Å². The molecule has 0 radical (unpaired) electrons. The molecular weight excluding hydrogens is 240 g/mol. The van der Waals surface area contributed by atoms with Gasteiger partial charge in [0.05, 0.1) is 18.5 Å². The summed E-state index contributed by atoms with van der Waals surface area (Å²) in [7, 11) is -3.46. The maximum absolute atomic E-state index is 11.1. The molecule has 84 valence electrons. The Hall–Kier alpha value is -1.01. The van der Waals surface area contributed by atoms with Crippen molar-refractivity contribution >= 4 is 27.3 Å². The van der Waals surface area contributed by atoms with Crippen LogP contribution in [0.5, 0.6) is 5.88 Å². The molecule has 0 atom stereocenters. The highest BCUT2D eigenvalue weighted by Crippen LogP contribution is 2.13. The number of nitrogens with zero attached hydrogens (tertiary/aromatic N) is 1. The summed E-state index contributed by atoms with van der Waals surface area (Å²) >= 11 is 5.23. The van der Waals surface area contributed by atoms with E-state index in [1.54, 1.807) is 12.1 Å². The van der Waals surface area contributed by atoms with Crippen LogP contribution in [0.4, 0.5) is 5.69 Å². The van der Waals surface area contributed by atoms with Crippen molar-refractivity contribution in [3.63, 3.8) is 0 Å². The molecule has 0 aromatic carbocycles. The first-order chi connectivity index (χ1) is 7.07. The number of hydrogen-bond acceptors (Lipinski definition) is 4. The minimum atomic E-state index is -3.46. The fourth-order valence-electron chi connectivity index (χ4n) is 0.881. The molecule has 0 aliphatic carbocycles. The highest BCUT2D eigenvalue weighted by molar-refractivity contribution is 7.93. The summed E-state index contributed by atoms with van der Waals surface area (Å²) in [5, 5.41) is -0.486. The van der Waals surface area contributed by atoms with E-state index in [0.717, 1.165) is 0 Å². The molecule has 0 spiro atoms. The van der Waals surface area contributed by atoms with Gasteiger partial charge >= 0.3 is 0 Å². The summed E-state index contributed by atoms with van der Waals surface area (Å²) < 4.78 is 29.5. The van der Waals surface area contributed by atoms with Crippen LogP contribution in [-0.2, 0) is 10.0 Å². The van der Waals surface area contributed by atoms with Crippen LogP contribution in [0.1, 0.15) is 6.92 Å². The zero-order valence-electron chi connectivity index (χ0n) is 8.10. The normalized spacial score (nSPS) is 11.1. The van der Waals surface area contributed by atoms with E-state index >= 15 is 0 Å². The van der Waals surface area contributed by atoms with Gasteiger partial charge in [-0.1, -0.05) is 0 Å². The van der Waals surface area contributed by atoms with Crippen molar-refractivity contribution in [1.29, 1.82) is 0 Å². The number of sulfonamides is 1. The average molecular weight is 251 g/mol. The van der Waals surface area contributed by atoms with E-state index in [9.17, 15) is 8.42 Å². The molecule has 1 rings (SSSR count). The molecule has 0 bridgehead atoms. The van der Waals surface area contributed by atoms with Crippen molar-refractivity contribution in [2.24, 2.45) is 0 Å². The number of pyridine rings is 1. The maximum Gasteiger partial charge on any atom is 0.246 e. The second-order valence-electron chi connectivity index (χ2n) is 2.64. The SMILES string of the molecule is CCOc1ccc(NS(=O)(=O)CCl)cn1. The van der Waals surface area contributed by atoms with Gasteiger partial charge in [-0.25, -0.2) is 13.4 Å². The molecule has 15 heavy (non-hydrogen) atoms. The van der Waals surface area contributed by atoms with Gasteiger partial charge in [0, 0.05) is 6.07 Å². The van der Waals surface area contributed by atoms with Crippen LogP contribution in [0.2, 0.25) is 0 Å². The highest BCUT2D eigenvalue weighted by atomic mass is 35.5. The number of aromatic nitrogens is 1. The van der Waals surface area contributed by atoms with Gasteiger partial charge in [-0.15, -0.1) is 11.6 Å². The molecule has 0 aliphatic rings. The maximum atomic E-state index is 11.1. The number of rotatable bonds is 5. The quantitative estimate of drug-likeness (QED) is 0.803. The lowest BCUT2D eigenvalue weighted by Gasteiger charge is -2.05. The second kappa shape index (κ2) is 5.18. The van der Waals surface area contributed by atoms with Crippen molar-refractivity contribution in [2.75, 3.05) is 16.5 Å². The van der Waals surface area contributed by atoms with Gasteiger partial charge < -0.3 is 4.74 Å². The Morgan fingerprint density at radius 3 is 2.73 bits per heavy atom. The number of anilines is 1. The first kappa shape index (κ1) is 12.1. The molecule has 1 N–H and O–H groups in total. The number of hydrogen-bond donors (Lipinski definition) is 1. The Bertz CT molecular complexity index is 404. The summed E-state index contributed by atoms with van der Waals surface area (Å²) in [5.74, 6) is 0.450. The molecule has 0 aliphatic heterocycles. The number of halogens is 1. The predicted molar refractivity (Wildman–Crippen MR) is 58.7 cm³/mol. The largest absolute Gasteiger partial charge is 0.478 e. The smallest absolute Gasteiger partial charge is 0.246 e. The summed E-state index contributed by atoms with van der Waals surface area (Å²) in [4.78, 5) is 3.89. The van der Waals surface area contributed by atoms with Crippen molar-refractivity contribution in [3.05, 3.63) is 18.3 Å². The van der Waals surface area contributed by atoms with Crippen LogP contribution in [-0.4, -0.2) is 25.2 Å². The van der Waals surface area contributed by atoms with Crippen LogP contribution >= 0.6 is 11.6 Å². The Balaban J connectivity index is 2.73. The fourth-order valence-corrected chi connectivity index (χ4v) is 1.58. The summed E-state index contributed by atoms with van der Waals surface area (Å²) in [6.45, 7) is 2.35. The molecule has 0 amide bonds. The summed E-state index contributed by atoms with van der Waals surface area (Å²) in [6, 6.07) is 3.14. The van der Waals surface area contributed by atoms with E-state index in [1.807, 2.05) is 6.92 Å². The zero-order valence-corrected chi connectivity index (χ0v) is 9.68. The standard InChI is InChI=1S/C8H11ClN2O3S/c1-2-14-8-4-3-7(5-10-8)11-15(12,13)6-9/h3-5,11H,2,6H2,1H3. The summed E-state index contributed by atoms with van der Waals surface area (Å²) in [6.07, 6.45) is 1.37. The monoisotopic (exact) mass is 250 g/mol. The predicted octanol–water partition coefficient (Wildman–Crippen LogP) is 1.42. The van der Waals surface area contributed by atoms with Gasteiger partial charge in [-0.05, 0) is 13.0 Å². The van der Waals surface area contributed by atoms with Crippen LogP contribution in [0.25, 0.3) is 0 Å². The Labute approximate surface area is 93.5 Å². The number of nitrogens with one attached hydrogen (secondary N) is 1. The Kier molecular flexibility index (Phi) is 4.16. The third-order valence-electron chi connectivity index (χ3n) is 1.45. The van der Waals surface area contributed by atoms with Crippen molar-refractivity contribution < 1.29 is 13.2 Å². The first-order valence-electron chi connectivity index (χ1n) is 4.22. The van der Waals surface area contributed by atoms with E-state index in [4.69, 9.17) is 16.3 Å². The fraction of sp³-hybridized carbons (Fsp3) is 0.375. The lowest BCUT2D eigenvalue weighted by molar-refractivity contribution is 0.327. The van der Waals surface area contributed by atoms with Crippen LogP contribution in [0.15, 0.2) is 18.3 Å². The lowest BCUT2D eigenvalue weighted by Crippen LogP contribution is -2.13. The third kappa shape index (κ3) is 3.93. The number of ether oxygens (including phenoxy) is 1. The van der Waals surface area contributed by atoms with E-state index in [2.05, 4.69) is 9.71 Å². The first-order valence-corrected chi connectivity index (χ1v) is 6.41. The van der Waals surface area contributed by atoms with E-state index in [-0.39, 0.29) is 0 Å². The van der Waals surface area contributed by atoms with E-state index in [1.165, 1.54) is 6.20 Å². The van der Waals surface area contributed by atoms with Gasteiger partial charge in [0.15, 0.2) is 0 Å². The molecular formula is C8H11ClN2O3S. The molecule has 0 unspecified atom stereocenters. The Morgan fingerprint density at radius 1 is 1.53 bits per heavy atom. The van der Waals surface area contributed by atoms with Crippen LogP contribution < -0.4 is 9.46 Å². The van der Waals surface area contributed by atoms with Crippen molar-refractivity contribution in [2.45, 2.75) is 6.92 Å². The van der Waals surface area contributed by atoms with Gasteiger partial charge in [0.1, 0.15) is 5.21 Å².